The highest BCUT2D eigenvalue weighted by molar-refractivity contribution is 5.97. The molecule has 3 aromatic rings. The molecule has 0 atom stereocenters. The number of hydrogen-bond donors (Lipinski definition) is 1. The molecule has 1 amide bonds. The van der Waals surface area contributed by atoms with Crippen molar-refractivity contribution in [2.24, 2.45) is 0 Å². The topological polar surface area (TPSA) is 69.3 Å². The van der Waals surface area contributed by atoms with Gasteiger partial charge in [0.15, 0.2) is 0 Å². The summed E-state index contributed by atoms with van der Waals surface area (Å²) in [4.78, 5) is 16.8. The number of nitrogens with zero attached hydrogens (tertiary/aromatic N) is 2. The molecule has 4 rings (SSSR count). The lowest BCUT2D eigenvalue weighted by Gasteiger charge is -2.14. The van der Waals surface area contributed by atoms with E-state index in [9.17, 15) is 4.79 Å². The molecule has 0 saturated carbocycles. The van der Waals surface area contributed by atoms with Crippen LogP contribution in [-0.2, 0) is 24.4 Å². The monoisotopic (exact) mass is 297 g/mol. The maximum absolute atomic E-state index is 12.2. The van der Waals surface area contributed by atoms with Crippen LogP contribution in [0.3, 0.4) is 0 Å². The van der Waals surface area contributed by atoms with Crippen LogP contribution in [0.5, 0.6) is 0 Å². The number of imidazole rings is 1. The lowest BCUT2D eigenvalue weighted by atomic mass is 10.2. The molecule has 0 fully saturated rings. The molecule has 1 aliphatic rings. The molecular formula is C16H15N3O3. The minimum Gasteiger partial charge on any atom is -0.467 e. The first-order chi connectivity index (χ1) is 10.8. The molecule has 1 N–H and O–H groups in total. The minimum atomic E-state index is -0.138. The summed E-state index contributed by atoms with van der Waals surface area (Å²) < 4.78 is 12.8. The van der Waals surface area contributed by atoms with Gasteiger partial charge in [0.1, 0.15) is 18.2 Å². The number of furan rings is 1. The Labute approximate surface area is 126 Å². The van der Waals surface area contributed by atoms with Crippen molar-refractivity contribution in [3.05, 3.63) is 53.7 Å². The van der Waals surface area contributed by atoms with E-state index in [0.717, 1.165) is 29.2 Å². The first-order valence-electron chi connectivity index (χ1n) is 7.19. The summed E-state index contributed by atoms with van der Waals surface area (Å²) in [5, 5.41) is 2.84. The largest absolute Gasteiger partial charge is 0.467 e. The van der Waals surface area contributed by atoms with Crippen molar-refractivity contribution in [1.82, 2.24) is 14.9 Å². The smallest absolute Gasteiger partial charge is 0.251 e. The van der Waals surface area contributed by atoms with Crippen molar-refractivity contribution in [1.29, 1.82) is 0 Å². The molecule has 2 aromatic heterocycles. The molecule has 0 bridgehead atoms. The molecule has 6 nitrogen and oxygen atoms in total. The van der Waals surface area contributed by atoms with E-state index in [1.807, 2.05) is 24.3 Å². The Bertz CT molecular complexity index is 821. The Morgan fingerprint density at radius 1 is 1.36 bits per heavy atom. The van der Waals surface area contributed by atoms with Gasteiger partial charge in [-0.3, -0.25) is 4.79 Å². The third-order valence-corrected chi connectivity index (χ3v) is 3.78. The third-order valence-electron chi connectivity index (χ3n) is 3.78. The molecule has 0 spiro atoms. The van der Waals surface area contributed by atoms with Crippen LogP contribution >= 0.6 is 0 Å². The van der Waals surface area contributed by atoms with Gasteiger partial charge in [0.05, 0.1) is 30.4 Å². The van der Waals surface area contributed by atoms with Gasteiger partial charge < -0.3 is 19.0 Å². The second kappa shape index (κ2) is 5.31. The van der Waals surface area contributed by atoms with Gasteiger partial charge in [-0.25, -0.2) is 4.98 Å². The molecular weight excluding hydrogens is 282 g/mol. The molecule has 0 saturated heterocycles. The quantitative estimate of drug-likeness (QED) is 0.803. The Kier molecular flexibility index (Phi) is 3.16. The van der Waals surface area contributed by atoms with Crippen molar-refractivity contribution < 1.29 is 13.9 Å². The van der Waals surface area contributed by atoms with E-state index in [-0.39, 0.29) is 5.91 Å². The predicted molar refractivity (Wildman–Crippen MR) is 79.3 cm³/mol. The summed E-state index contributed by atoms with van der Waals surface area (Å²) in [5.41, 5.74) is 2.46. The number of fused-ring (bicyclic) bond motifs is 3. The number of benzene rings is 1. The van der Waals surface area contributed by atoms with E-state index >= 15 is 0 Å². The Balaban J connectivity index is 1.58. The van der Waals surface area contributed by atoms with Crippen molar-refractivity contribution >= 4 is 16.9 Å². The molecule has 3 heterocycles. The van der Waals surface area contributed by atoms with Crippen LogP contribution in [0.15, 0.2) is 41.0 Å². The summed E-state index contributed by atoms with van der Waals surface area (Å²) in [5.74, 6) is 1.50. The Morgan fingerprint density at radius 3 is 3.18 bits per heavy atom. The first-order valence-corrected chi connectivity index (χ1v) is 7.19. The molecule has 22 heavy (non-hydrogen) atoms. The fourth-order valence-electron chi connectivity index (χ4n) is 2.68. The lowest BCUT2D eigenvalue weighted by molar-refractivity contribution is 0.0830. The third kappa shape index (κ3) is 2.27. The number of amides is 1. The van der Waals surface area contributed by atoms with Crippen molar-refractivity contribution in [2.75, 3.05) is 6.61 Å². The molecule has 1 aliphatic heterocycles. The highest BCUT2D eigenvalue weighted by Crippen LogP contribution is 2.21. The maximum atomic E-state index is 12.2. The van der Waals surface area contributed by atoms with Crippen LogP contribution in [0.1, 0.15) is 21.9 Å². The zero-order chi connectivity index (χ0) is 14.9. The van der Waals surface area contributed by atoms with Gasteiger partial charge in [-0.15, -0.1) is 0 Å². The highest BCUT2D eigenvalue weighted by atomic mass is 16.5. The predicted octanol–water partition coefficient (Wildman–Crippen LogP) is 2.09. The van der Waals surface area contributed by atoms with E-state index in [1.165, 1.54) is 0 Å². The van der Waals surface area contributed by atoms with Crippen LogP contribution in [0.25, 0.3) is 11.0 Å². The average molecular weight is 297 g/mol. The number of rotatable bonds is 3. The van der Waals surface area contributed by atoms with Gasteiger partial charge in [0.25, 0.3) is 5.91 Å². The summed E-state index contributed by atoms with van der Waals surface area (Å²) in [6, 6.07) is 9.21. The van der Waals surface area contributed by atoms with Crippen LogP contribution in [0.4, 0.5) is 0 Å². The second-order valence-electron chi connectivity index (χ2n) is 5.20. The fraction of sp³-hybridized carbons (Fsp3) is 0.250. The molecule has 0 radical (unpaired) electrons. The number of carbonyl (C=O) groups is 1. The molecule has 0 unspecified atom stereocenters. The van der Waals surface area contributed by atoms with Crippen LogP contribution < -0.4 is 5.32 Å². The van der Waals surface area contributed by atoms with Gasteiger partial charge in [0, 0.05) is 12.1 Å². The van der Waals surface area contributed by atoms with Crippen LogP contribution in [0, 0.1) is 0 Å². The van der Waals surface area contributed by atoms with E-state index in [2.05, 4.69) is 14.9 Å². The standard InChI is InChI=1S/C16H15N3O3/c20-16(17-9-12-2-1-6-22-12)11-3-4-14-13(8-11)18-15-10-21-7-5-19(14)15/h1-4,6,8H,5,7,9-10H2,(H,17,20). The number of ether oxygens (including phenoxy) is 1. The normalized spacial score (nSPS) is 14.0. The minimum absolute atomic E-state index is 0.138. The van der Waals surface area contributed by atoms with Gasteiger partial charge in [-0.1, -0.05) is 0 Å². The van der Waals surface area contributed by atoms with Gasteiger partial charge >= 0.3 is 0 Å². The number of hydrogen-bond acceptors (Lipinski definition) is 4. The van der Waals surface area contributed by atoms with Crippen molar-refractivity contribution in [3.63, 3.8) is 0 Å². The fourth-order valence-corrected chi connectivity index (χ4v) is 2.68. The summed E-state index contributed by atoms with van der Waals surface area (Å²) in [6.07, 6.45) is 1.59. The summed E-state index contributed by atoms with van der Waals surface area (Å²) >= 11 is 0. The summed E-state index contributed by atoms with van der Waals surface area (Å²) in [6.45, 7) is 2.39. The zero-order valence-electron chi connectivity index (χ0n) is 11.9. The summed E-state index contributed by atoms with van der Waals surface area (Å²) in [7, 11) is 0. The van der Waals surface area contributed by atoms with Gasteiger partial charge in [0.2, 0.25) is 0 Å². The van der Waals surface area contributed by atoms with E-state index in [0.29, 0.717) is 25.3 Å². The van der Waals surface area contributed by atoms with E-state index in [4.69, 9.17) is 9.15 Å². The second-order valence-corrected chi connectivity index (χ2v) is 5.20. The Hall–Kier alpha value is -2.60. The number of carbonyl (C=O) groups excluding carboxylic acids is 1. The van der Waals surface area contributed by atoms with Crippen molar-refractivity contribution in [3.8, 4) is 0 Å². The van der Waals surface area contributed by atoms with Crippen LogP contribution in [-0.4, -0.2) is 22.1 Å². The zero-order valence-corrected chi connectivity index (χ0v) is 11.9. The van der Waals surface area contributed by atoms with Crippen LogP contribution in [0.2, 0.25) is 0 Å². The van der Waals surface area contributed by atoms with E-state index < -0.39 is 0 Å². The van der Waals surface area contributed by atoms with Crippen molar-refractivity contribution in [2.45, 2.75) is 19.7 Å². The molecule has 6 heteroatoms. The molecule has 1 aromatic carbocycles. The molecule has 0 aliphatic carbocycles. The SMILES string of the molecule is O=C(NCc1ccco1)c1ccc2c(c1)nc1n2CCOC1. The highest BCUT2D eigenvalue weighted by Gasteiger charge is 2.16. The average Bonchev–Trinajstić information content (AvgIpc) is 3.19. The Morgan fingerprint density at radius 2 is 2.32 bits per heavy atom. The lowest BCUT2D eigenvalue weighted by Crippen LogP contribution is -2.22. The first kappa shape index (κ1) is 13.1. The number of nitrogens with one attached hydrogen (secondary N) is 1. The maximum Gasteiger partial charge on any atom is 0.251 e. The van der Waals surface area contributed by atoms with Gasteiger partial charge in [-0.05, 0) is 30.3 Å². The number of aromatic nitrogens is 2. The van der Waals surface area contributed by atoms with E-state index in [1.54, 1.807) is 12.3 Å². The molecule has 112 valence electrons. The van der Waals surface area contributed by atoms with Gasteiger partial charge in [-0.2, -0.15) is 0 Å².